The quantitative estimate of drug-likeness (QED) is 0.307. The molecule has 0 spiro atoms. The zero-order valence-corrected chi connectivity index (χ0v) is 6.69. The lowest BCUT2D eigenvalue weighted by Gasteiger charge is -1.84. The summed E-state index contributed by atoms with van der Waals surface area (Å²) in [6.07, 6.45) is 7.30. The van der Waals surface area contributed by atoms with Crippen LogP contribution in [0.1, 0.15) is 19.3 Å². The summed E-state index contributed by atoms with van der Waals surface area (Å²) in [5.74, 6) is 0. The van der Waals surface area contributed by atoms with Gasteiger partial charge < -0.3 is 14.9 Å². The van der Waals surface area contributed by atoms with Gasteiger partial charge in [-0.2, -0.15) is 0 Å². The van der Waals surface area contributed by atoms with E-state index in [1.165, 1.54) is 6.42 Å². The van der Waals surface area contributed by atoms with Crippen molar-refractivity contribution in [3.05, 3.63) is 40.2 Å². The van der Waals surface area contributed by atoms with E-state index in [4.69, 9.17) is 0 Å². The summed E-state index contributed by atoms with van der Waals surface area (Å²) < 4.78 is 0. The van der Waals surface area contributed by atoms with E-state index in [1.807, 2.05) is 12.2 Å². The van der Waals surface area contributed by atoms with Gasteiger partial charge in [0.2, 0.25) is 0 Å². The maximum atomic E-state index is 3.60. The van der Waals surface area contributed by atoms with Crippen LogP contribution < -0.4 is 0 Å². The Hall–Kier alpha value is -0.520. The summed E-state index contributed by atoms with van der Waals surface area (Å²) in [6, 6.07) is 0. The lowest BCUT2D eigenvalue weighted by molar-refractivity contribution is 0.871. The molecule has 0 amide bonds. The van der Waals surface area contributed by atoms with Crippen LogP contribution in [0, 0.1) is 14.9 Å². The summed E-state index contributed by atoms with van der Waals surface area (Å²) in [7, 11) is 0. The first kappa shape index (κ1) is 15.8. The van der Waals surface area contributed by atoms with Crippen molar-refractivity contribution in [1.29, 1.82) is 0 Å². The van der Waals surface area contributed by atoms with E-state index in [2.05, 4.69) is 13.2 Å². The van der Waals surface area contributed by atoms with E-state index in [9.17, 15) is 0 Å². The van der Waals surface area contributed by atoms with Crippen LogP contribution in [0.4, 0.5) is 0 Å². The van der Waals surface area contributed by atoms with Crippen LogP contribution in [0.15, 0.2) is 25.3 Å². The van der Waals surface area contributed by atoms with Gasteiger partial charge in [-0.1, -0.05) is 12.2 Å². The standard InChI is InChI=1S/C7H12.2CH3/c1-3-5-7-6-4-2;;/h3-4H,1-2,5-7H2;2*1H3/q;2*-1. The summed E-state index contributed by atoms with van der Waals surface area (Å²) in [5, 5.41) is 0. The molecule has 0 saturated carbocycles. The Morgan fingerprint density at radius 3 is 1.44 bits per heavy atom. The maximum absolute atomic E-state index is 3.60. The molecule has 0 atom stereocenters. The van der Waals surface area contributed by atoms with Gasteiger partial charge in [0.05, 0.1) is 0 Å². The van der Waals surface area contributed by atoms with Crippen molar-refractivity contribution in [2.24, 2.45) is 0 Å². The molecule has 0 radical (unpaired) electrons. The van der Waals surface area contributed by atoms with E-state index < -0.39 is 0 Å². The van der Waals surface area contributed by atoms with Crippen LogP contribution >= 0.6 is 0 Å². The van der Waals surface area contributed by atoms with E-state index in [-0.39, 0.29) is 14.9 Å². The second-order valence-electron chi connectivity index (χ2n) is 1.51. The molecule has 9 heavy (non-hydrogen) atoms. The molecule has 0 aliphatic rings. The fourth-order valence-corrected chi connectivity index (χ4v) is 0.407. The fourth-order valence-electron chi connectivity index (χ4n) is 0.407. The van der Waals surface area contributed by atoms with Gasteiger partial charge in [-0.25, -0.2) is 0 Å². The third-order valence-electron chi connectivity index (χ3n) is 0.816. The Balaban J connectivity index is -0.000000180. The Labute approximate surface area is 60.3 Å². The first-order valence-corrected chi connectivity index (χ1v) is 2.63. The minimum Gasteiger partial charge on any atom is -0.358 e. The second-order valence-corrected chi connectivity index (χ2v) is 1.51. The molecule has 0 aromatic rings. The minimum atomic E-state index is 0. The smallest absolute Gasteiger partial charge is 0.0350 e. The van der Waals surface area contributed by atoms with Gasteiger partial charge in [-0.3, -0.25) is 0 Å². The molecule has 0 fully saturated rings. The first-order valence-electron chi connectivity index (χ1n) is 2.63. The Morgan fingerprint density at radius 2 is 1.22 bits per heavy atom. The van der Waals surface area contributed by atoms with E-state index in [1.54, 1.807) is 0 Å². The molecule has 0 rings (SSSR count). The summed E-state index contributed by atoms with van der Waals surface area (Å²) in [6.45, 7) is 7.20. The number of hydrogen-bond donors (Lipinski definition) is 0. The average molecular weight is 126 g/mol. The van der Waals surface area contributed by atoms with Crippen molar-refractivity contribution in [2.45, 2.75) is 19.3 Å². The van der Waals surface area contributed by atoms with Gasteiger partial charge >= 0.3 is 0 Å². The topological polar surface area (TPSA) is 0 Å². The summed E-state index contributed by atoms with van der Waals surface area (Å²) >= 11 is 0. The molecule has 0 saturated heterocycles. The third kappa shape index (κ3) is 18.5. The summed E-state index contributed by atoms with van der Waals surface area (Å²) in [5.41, 5.74) is 0. The summed E-state index contributed by atoms with van der Waals surface area (Å²) in [4.78, 5) is 0. The molecule has 0 heteroatoms. The number of hydrogen-bond acceptors (Lipinski definition) is 0. The fraction of sp³-hybridized carbons (Fsp3) is 0.333. The van der Waals surface area contributed by atoms with Crippen molar-refractivity contribution >= 4 is 0 Å². The van der Waals surface area contributed by atoms with Crippen LogP contribution in [-0.2, 0) is 0 Å². The molecule has 0 bridgehead atoms. The molecular weight excluding hydrogens is 108 g/mol. The molecule has 0 nitrogen and oxygen atoms in total. The molecule has 0 aromatic carbocycles. The van der Waals surface area contributed by atoms with Gasteiger partial charge in [-0.15, -0.1) is 13.2 Å². The van der Waals surface area contributed by atoms with Crippen LogP contribution in [0.25, 0.3) is 0 Å². The molecular formula is C9H18-2. The molecule has 0 aliphatic heterocycles. The number of allylic oxidation sites excluding steroid dienone is 2. The minimum absolute atomic E-state index is 0. The Bertz CT molecular complexity index is 45.1. The Kier molecular flexibility index (Phi) is 27.5. The van der Waals surface area contributed by atoms with Gasteiger partial charge in [0.1, 0.15) is 0 Å². The molecule has 0 N–H and O–H groups in total. The molecule has 0 aromatic heterocycles. The largest absolute Gasteiger partial charge is 0.358 e. The highest BCUT2D eigenvalue weighted by Crippen LogP contribution is 1.93. The highest BCUT2D eigenvalue weighted by atomic mass is 13.8. The van der Waals surface area contributed by atoms with Crippen LogP contribution in [-0.4, -0.2) is 0 Å². The van der Waals surface area contributed by atoms with Gasteiger partial charge in [-0.05, 0) is 19.3 Å². The number of unbranched alkanes of at least 4 members (excludes halogenated alkanes) is 2. The van der Waals surface area contributed by atoms with E-state index in [0.29, 0.717) is 0 Å². The first-order chi connectivity index (χ1) is 3.41. The third-order valence-corrected chi connectivity index (χ3v) is 0.816. The van der Waals surface area contributed by atoms with Gasteiger partial charge in [0, 0.05) is 0 Å². The van der Waals surface area contributed by atoms with Crippen molar-refractivity contribution in [2.75, 3.05) is 0 Å². The van der Waals surface area contributed by atoms with Crippen molar-refractivity contribution in [3.8, 4) is 0 Å². The second kappa shape index (κ2) is 15.6. The zero-order valence-electron chi connectivity index (χ0n) is 6.69. The van der Waals surface area contributed by atoms with Gasteiger partial charge in [0.25, 0.3) is 0 Å². The molecule has 0 heterocycles. The zero-order chi connectivity index (χ0) is 5.54. The lowest BCUT2D eigenvalue weighted by Crippen LogP contribution is -1.64. The SMILES string of the molecule is C=CCCCC=C.[CH3-].[CH3-]. The van der Waals surface area contributed by atoms with Gasteiger partial charge in [0.15, 0.2) is 0 Å². The Morgan fingerprint density at radius 1 is 0.889 bits per heavy atom. The van der Waals surface area contributed by atoms with Crippen molar-refractivity contribution in [3.63, 3.8) is 0 Å². The van der Waals surface area contributed by atoms with Crippen molar-refractivity contribution in [1.82, 2.24) is 0 Å². The highest BCUT2D eigenvalue weighted by Gasteiger charge is 1.74. The van der Waals surface area contributed by atoms with E-state index >= 15 is 0 Å². The van der Waals surface area contributed by atoms with Crippen LogP contribution in [0.2, 0.25) is 0 Å². The van der Waals surface area contributed by atoms with E-state index in [0.717, 1.165) is 12.8 Å². The van der Waals surface area contributed by atoms with Crippen LogP contribution in [0.3, 0.4) is 0 Å². The number of rotatable bonds is 4. The van der Waals surface area contributed by atoms with Crippen LogP contribution in [0.5, 0.6) is 0 Å². The molecule has 56 valence electrons. The maximum Gasteiger partial charge on any atom is -0.0350 e. The van der Waals surface area contributed by atoms with Crippen molar-refractivity contribution < 1.29 is 0 Å². The average Bonchev–Trinajstić information content (AvgIpc) is 1.69. The predicted octanol–water partition coefficient (Wildman–Crippen LogP) is 3.43. The normalized spacial score (nSPS) is 6.22. The highest BCUT2D eigenvalue weighted by molar-refractivity contribution is 4.71. The predicted molar refractivity (Wildman–Crippen MR) is 47.1 cm³/mol. The monoisotopic (exact) mass is 126 g/mol. The molecule has 0 aliphatic carbocycles. The molecule has 0 unspecified atom stereocenters. The lowest BCUT2D eigenvalue weighted by atomic mass is 10.2.